The summed E-state index contributed by atoms with van der Waals surface area (Å²) in [6, 6.07) is 9.50. The molecule has 2 heterocycles. The number of piperidine rings is 1. The molecule has 1 N–H and O–H groups in total. The molecule has 3 aliphatic rings. The molecule has 232 valence electrons. The summed E-state index contributed by atoms with van der Waals surface area (Å²) in [5.74, 6) is 1.69. The van der Waals surface area contributed by atoms with Gasteiger partial charge in [0.15, 0.2) is 0 Å². The lowest BCUT2D eigenvalue weighted by atomic mass is 9.90. The lowest BCUT2D eigenvalue weighted by Gasteiger charge is -2.39. The molecule has 10 heteroatoms. The summed E-state index contributed by atoms with van der Waals surface area (Å²) in [6.45, 7) is 7.66. The monoisotopic (exact) mass is 616 g/mol. The highest BCUT2D eigenvalue weighted by atomic mass is 32.2. The van der Waals surface area contributed by atoms with Crippen LogP contribution >= 0.6 is 23.5 Å². The number of amides is 3. The number of hydrogen-bond acceptors (Lipinski definition) is 7. The summed E-state index contributed by atoms with van der Waals surface area (Å²) >= 11 is 3.30. The van der Waals surface area contributed by atoms with Crippen LogP contribution in [0.4, 0.5) is 0 Å². The zero-order valence-electron chi connectivity index (χ0n) is 25.5. The molecule has 3 amide bonds. The third kappa shape index (κ3) is 9.23. The van der Waals surface area contributed by atoms with Crippen LogP contribution in [0.3, 0.4) is 0 Å². The van der Waals surface area contributed by atoms with E-state index in [9.17, 15) is 19.2 Å². The number of nitrogens with zero attached hydrogens (tertiary/aromatic N) is 3. The van der Waals surface area contributed by atoms with Gasteiger partial charge in [-0.2, -0.15) is 11.8 Å². The Balaban J connectivity index is 1.38. The number of nitrogens with one attached hydrogen (secondary N) is 1. The third-order valence-corrected chi connectivity index (χ3v) is 10.7. The minimum Gasteiger partial charge on any atom is -0.314 e. The molecular formula is C32H48N4O4S2. The zero-order chi connectivity index (χ0) is 30.1. The molecule has 0 spiro atoms. The van der Waals surface area contributed by atoms with Gasteiger partial charge in [-0.15, -0.1) is 11.8 Å². The van der Waals surface area contributed by atoms with Gasteiger partial charge in [0, 0.05) is 43.0 Å². The number of Topliss-reactive ketones (excluding diaryl/α,β-unsaturated/α-hetero) is 1. The Labute approximate surface area is 260 Å². The van der Waals surface area contributed by atoms with E-state index in [-0.39, 0.29) is 17.9 Å². The van der Waals surface area contributed by atoms with Crippen LogP contribution in [0.2, 0.25) is 0 Å². The first-order valence-electron chi connectivity index (χ1n) is 15.5. The van der Waals surface area contributed by atoms with Crippen molar-refractivity contribution >= 4 is 47.0 Å². The van der Waals surface area contributed by atoms with E-state index >= 15 is 0 Å². The van der Waals surface area contributed by atoms with Crippen molar-refractivity contribution < 1.29 is 19.2 Å². The van der Waals surface area contributed by atoms with Crippen LogP contribution < -0.4 is 5.43 Å². The maximum Gasteiger partial charge on any atom is 0.291 e. The number of thioether (sulfide) groups is 2. The molecule has 0 bridgehead atoms. The molecule has 1 atom stereocenters. The van der Waals surface area contributed by atoms with E-state index in [0.29, 0.717) is 18.1 Å². The fourth-order valence-electron chi connectivity index (χ4n) is 5.92. The van der Waals surface area contributed by atoms with Crippen LogP contribution in [0.5, 0.6) is 0 Å². The summed E-state index contributed by atoms with van der Waals surface area (Å²) in [6.07, 6.45) is 8.43. The number of ketones is 1. The van der Waals surface area contributed by atoms with Crippen LogP contribution in [0, 0.1) is 11.3 Å². The predicted molar refractivity (Wildman–Crippen MR) is 171 cm³/mol. The Bertz CT molecular complexity index is 1070. The quantitative estimate of drug-likeness (QED) is 0.231. The SMILES string of the molecule is CC(C)(C)C(=O)C(=O)N1CSC[C@H]1C(=O)NN(C(=O)CCSCC1CCCCC1)C1CCN(Cc2ccccc2)CC1. The highest BCUT2D eigenvalue weighted by molar-refractivity contribution is 7.99. The second kappa shape index (κ2) is 15.6. The Hall–Kier alpha value is -2.04. The Kier molecular flexibility index (Phi) is 12.2. The van der Waals surface area contributed by atoms with E-state index < -0.39 is 23.1 Å². The summed E-state index contributed by atoms with van der Waals surface area (Å²) in [7, 11) is 0. The van der Waals surface area contributed by atoms with E-state index in [1.165, 1.54) is 54.3 Å². The number of likely N-dealkylation sites (tertiary alicyclic amines) is 1. The largest absolute Gasteiger partial charge is 0.314 e. The maximum atomic E-state index is 13.6. The van der Waals surface area contributed by atoms with Gasteiger partial charge in [-0.25, -0.2) is 0 Å². The number of hydrogen-bond donors (Lipinski definition) is 1. The molecule has 1 saturated carbocycles. The van der Waals surface area contributed by atoms with E-state index in [4.69, 9.17) is 0 Å². The van der Waals surface area contributed by atoms with Crippen molar-refractivity contribution in [2.75, 3.05) is 36.2 Å². The van der Waals surface area contributed by atoms with Gasteiger partial charge in [0.05, 0.1) is 11.9 Å². The fourth-order valence-corrected chi connectivity index (χ4v) is 8.23. The second-order valence-corrected chi connectivity index (χ2v) is 15.1. The Morgan fingerprint density at radius 3 is 2.36 bits per heavy atom. The van der Waals surface area contributed by atoms with Crippen LogP contribution in [0.15, 0.2) is 30.3 Å². The number of hydrazine groups is 1. The number of carbonyl (C=O) groups excluding carboxylic acids is 4. The average Bonchev–Trinajstić information content (AvgIpc) is 3.49. The van der Waals surface area contributed by atoms with Gasteiger partial charge in [-0.05, 0) is 42.9 Å². The first-order chi connectivity index (χ1) is 20.1. The van der Waals surface area contributed by atoms with Crippen molar-refractivity contribution in [3.05, 3.63) is 35.9 Å². The summed E-state index contributed by atoms with van der Waals surface area (Å²) < 4.78 is 0. The zero-order valence-corrected chi connectivity index (χ0v) is 27.1. The molecule has 2 saturated heterocycles. The van der Waals surface area contributed by atoms with Gasteiger partial charge in [0.2, 0.25) is 11.7 Å². The average molecular weight is 617 g/mol. The number of rotatable bonds is 10. The normalized spacial score (nSPS) is 20.8. The third-order valence-electron chi connectivity index (χ3n) is 8.53. The molecule has 8 nitrogen and oxygen atoms in total. The van der Waals surface area contributed by atoms with E-state index in [1.807, 2.05) is 17.8 Å². The number of benzene rings is 1. The molecule has 42 heavy (non-hydrogen) atoms. The van der Waals surface area contributed by atoms with Gasteiger partial charge >= 0.3 is 0 Å². The molecule has 0 unspecified atom stereocenters. The molecule has 0 aromatic heterocycles. The number of carbonyl (C=O) groups is 4. The van der Waals surface area contributed by atoms with Crippen molar-refractivity contribution in [1.82, 2.24) is 20.2 Å². The summed E-state index contributed by atoms with van der Waals surface area (Å²) in [5, 5.41) is 1.57. The van der Waals surface area contributed by atoms with Gasteiger partial charge in [-0.3, -0.25) is 34.5 Å². The van der Waals surface area contributed by atoms with Crippen LogP contribution in [0.25, 0.3) is 0 Å². The lowest BCUT2D eigenvalue weighted by molar-refractivity contribution is -0.153. The van der Waals surface area contributed by atoms with E-state index in [1.54, 1.807) is 25.8 Å². The Morgan fingerprint density at radius 1 is 1.00 bits per heavy atom. The molecular weight excluding hydrogens is 569 g/mol. The molecule has 1 aliphatic carbocycles. The molecule has 3 fully saturated rings. The summed E-state index contributed by atoms with van der Waals surface area (Å²) in [5.41, 5.74) is 3.39. The van der Waals surface area contributed by atoms with E-state index in [0.717, 1.165) is 49.9 Å². The van der Waals surface area contributed by atoms with Crippen molar-refractivity contribution in [2.24, 2.45) is 11.3 Å². The minimum atomic E-state index is -0.823. The van der Waals surface area contributed by atoms with Gasteiger partial charge in [-0.1, -0.05) is 70.4 Å². The lowest BCUT2D eigenvalue weighted by Crippen LogP contribution is -2.59. The van der Waals surface area contributed by atoms with Gasteiger partial charge in [0.1, 0.15) is 6.04 Å². The molecule has 1 aromatic carbocycles. The van der Waals surface area contributed by atoms with Crippen molar-refractivity contribution in [3.63, 3.8) is 0 Å². The molecule has 0 radical (unpaired) electrons. The minimum absolute atomic E-state index is 0.0738. The standard InChI is InChI=1S/C32H48N4O4S2/c1-32(2,3)29(38)31(40)35-23-42-22-27(35)30(39)33-36(28(37)16-19-41-21-25-12-8-5-9-13-25)26-14-17-34(18-15-26)20-24-10-6-4-7-11-24/h4,6-7,10-11,25-27H,5,8-9,12-23H2,1-3H3,(H,33,39)/t27-/m0/s1. The smallest absolute Gasteiger partial charge is 0.291 e. The van der Waals surface area contributed by atoms with Gasteiger partial charge < -0.3 is 4.90 Å². The van der Waals surface area contributed by atoms with Crippen LogP contribution in [-0.4, -0.2) is 86.6 Å². The summed E-state index contributed by atoms with van der Waals surface area (Å²) in [4.78, 5) is 56.7. The molecule has 4 rings (SSSR count). The fraction of sp³-hybridized carbons (Fsp3) is 0.688. The van der Waals surface area contributed by atoms with Gasteiger partial charge in [0.25, 0.3) is 11.8 Å². The van der Waals surface area contributed by atoms with Crippen molar-refractivity contribution in [1.29, 1.82) is 0 Å². The first-order valence-corrected chi connectivity index (χ1v) is 17.8. The van der Waals surface area contributed by atoms with Crippen molar-refractivity contribution in [2.45, 2.75) is 90.8 Å². The second-order valence-electron chi connectivity index (χ2n) is 12.9. The Morgan fingerprint density at radius 2 is 1.69 bits per heavy atom. The first kappa shape index (κ1) is 32.9. The highest BCUT2D eigenvalue weighted by Gasteiger charge is 2.42. The highest BCUT2D eigenvalue weighted by Crippen LogP contribution is 2.28. The van der Waals surface area contributed by atoms with Crippen LogP contribution in [-0.2, 0) is 25.7 Å². The molecule has 2 aliphatic heterocycles. The van der Waals surface area contributed by atoms with E-state index in [2.05, 4.69) is 34.6 Å². The maximum absolute atomic E-state index is 13.6. The van der Waals surface area contributed by atoms with Crippen LogP contribution in [0.1, 0.15) is 77.7 Å². The predicted octanol–water partition coefficient (Wildman–Crippen LogP) is 4.73. The topological polar surface area (TPSA) is 90.0 Å². The van der Waals surface area contributed by atoms with Crippen molar-refractivity contribution in [3.8, 4) is 0 Å². The molecule has 1 aromatic rings.